The molecule has 2 heterocycles. The van der Waals surface area contributed by atoms with Gasteiger partial charge in [-0.15, -0.1) is 0 Å². The third-order valence-electron chi connectivity index (χ3n) is 4.54. The maximum atomic E-state index is 11.6. The Hall–Kier alpha value is -0.130. The average Bonchev–Trinajstić information content (AvgIpc) is 2.69. The quantitative estimate of drug-likeness (QED) is 0.828. The van der Waals surface area contributed by atoms with Crippen LogP contribution < -0.4 is 5.32 Å². The number of nitrogens with one attached hydrogen (secondary N) is 1. The maximum Gasteiger partial charge on any atom is 0.150 e. The zero-order valence-electron chi connectivity index (χ0n) is 12.3. The van der Waals surface area contributed by atoms with E-state index in [0.717, 1.165) is 32.5 Å². The molecule has 0 aliphatic carbocycles. The van der Waals surface area contributed by atoms with E-state index in [4.69, 9.17) is 0 Å². The molecule has 0 amide bonds. The number of hydrogen-bond acceptors (Lipinski definition) is 4. The third kappa shape index (κ3) is 4.17. The molecule has 2 aliphatic heterocycles. The Morgan fingerprint density at radius 2 is 2.11 bits per heavy atom. The van der Waals surface area contributed by atoms with Gasteiger partial charge < -0.3 is 5.32 Å². The van der Waals surface area contributed by atoms with E-state index >= 15 is 0 Å². The summed E-state index contributed by atoms with van der Waals surface area (Å²) >= 11 is 0. The highest BCUT2D eigenvalue weighted by molar-refractivity contribution is 7.91. The van der Waals surface area contributed by atoms with Gasteiger partial charge in [0.05, 0.1) is 11.5 Å². The van der Waals surface area contributed by atoms with Crippen LogP contribution in [-0.2, 0) is 9.84 Å². The Labute approximate surface area is 117 Å². The summed E-state index contributed by atoms with van der Waals surface area (Å²) in [6, 6.07) is 1.17. The Kier molecular flexibility index (Phi) is 5.26. The summed E-state index contributed by atoms with van der Waals surface area (Å²) < 4.78 is 23.1. The first kappa shape index (κ1) is 15.3. The molecule has 5 heteroatoms. The van der Waals surface area contributed by atoms with Gasteiger partial charge in [0.2, 0.25) is 0 Å². The lowest BCUT2D eigenvalue weighted by atomic mass is 10.0. The van der Waals surface area contributed by atoms with Crippen LogP contribution in [0, 0.1) is 5.92 Å². The van der Waals surface area contributed by atoms with Crippen molar-refractivity contribution in [1.82, 2.24) is 10.2 Å². The van der Waals surface area contributed by atoms with Gasteiger partial charge in [0.1, 0.15) is 0 Å². The van der Waals surface area contributed by atoms with Crippen molar-refractivity contribution in [3.63, 3.8) is 0 Å². The lowest BCUT2D eigenvalue weighted by molar-refractivity contribution is 0.108. The summed E-state index contributed by atoms with van der Waals surface area (Å²) in [6.45, 7) is 7.57. The van der Waals surface area contributed by atoms with E-state index in [-0.39, 0.29) is 0 Å². The van der Waals surface area contributed by atoms with Crippen molar-refractivity contribution in [3.8, 4) is 0 Å². The molecule has 0 bridgehead atoms. The van der Waals surface area contributed by atoms with E-state index < -0.39 is 9.84 Å². The van der Waals surface area contributed by atoms with Gasteiger partial charge in [0.15, 0.2) is 9.84 Å². The standard InChI is InChI=1S/C14H28N2O2S/c1-3-5-13-10-16(14(4-2)8-15-13)9-12-6-7-19(17,18)11-12/h12-15H,3-11H2,1-2H3. The Morgan fingerprint density at radius 3 is 2.68 bits per heavy atom. The van der Waals surface area contributed by atoms with E-state index in [1.165, 1.54) is 12.8 Å². The van der Waals surface area contributed by atoms with Crippen molar-refractivity contribution >= 4 is 9.84 Å². The predicted octanol–water partition coefficient (Wildman–Crippen LogP) is 1.27. The van der Waals surface area contributed by atoms with Crippen molar-refractivity contribution in [3.05, 3.63) is 0 Å². The van der Waals surface area contributed by atoms with E-state index in [9.17, 15) is 8.42 Å². The molecule has 0 radical (unpaired) electrons. The molecule has 2 aliphatic rings. The summed E-state index contributed by atoms with van der Waals surface area (Å²) in [5.74, 6) is 1.17. The molecule has 0 spiro atoms. The summed E-state index contributed by atoms with van der Waals surface area (Å²) in [5, 5.41) is 3.63. The Morgan fingerprint density at radius 1 is 1.32 bits per heavy atom. The molecule has 19 heavy (non-hydrogen) atoms. The molecule has 0 aromatic carbocycles. The highest BCUT2D eigenvalue weighted by atomic mass is 32.2. The van der Waals surface area contributed by atoms with Crippen molar-refractivity contribution in [2.75, 3.05) is 31.1 Å². The monoisotopic (exact) mass is 288 g/mol. The molecule has 2 saturated heterocycles. The first-order valence-electron chi connectivity index (χ1n) is 7.72. The highest BCUT2D eigenvalue weighted by Crippen LogP contribution is 2.22. The van der Waals surface area contributed by atoms with Crippen molar-refractivity contribution < 1.29 is 8.42 Å². The van der Waals surface area contributed by atoms with Crippen LogP contribution in [0.5, 0.6) is 0 Å². The molecule has 4 nitrogen and oxygen atoms in total. The molecule has 1 N–H and O–H groups in total. The van der Waals surface area contributed by atoms with Gasteiger partial charge >= 0.3 is 0 Å². The second-order valence-corrected chi connectivity index (χ2v) is 8.41. The first-order chi connectivity index (χ1) is 9.04. The normalized spacial score (nSPS) is 35.6. The molecule has 3 unspecified atom stereocenters. The smallest absolute Gasteiger partial charge is 0.150 e. The van der Waals surface area contributed by atoms with Gasteiger partial charge in [-0.3, -0.25) is 4.90 Å². The van der Waals surface area contributed by atoms with Gasteiger partial charge in [-0.05, 0) is 25.2 Å². The average molecular weight is 288 g/mol. The topological polar surface area (TPSA) is 49.4 Å². The zero-order valence-corrected chi connectivity index (χ0v) is 13.1. The molecule has 0 aromatic heterocycles. The van der Waals surface area contributed by atoms with Gasteiger partial charge in [-0.25, -0.2) is 8.42 Å². The van der Waals surface area contributed by atoms with Crippen LogP contribution in [0.1, 0.15) is 39.5 Å². The Bertz CT molecular complexity index is 383. The molecule has 2 fully saturated rings. The summed E-state index contributed by atoms with van der Waals surface area (Å²) in [5.41, 5.74) is 0. The fourth-order valence-electron chi connectivity index (χ4n) is 3.44. The van der Waals surface area contributed by atoms with Gasteiger partial charge in [-0.1, -0.05) is 20.3 Å². The Balaban J connectivity index is 1.91. The molecule has 2 rings (SSSR count). The summed E-state index contributed by atoms with van der Waals surface area (Å²) in [7, 11) is -2.74. The molecule has 112 valence electrons. The van der Waals surface area contributed by atoms with Crippen molar-refractivity contribution in [1.29, 1.82) is 0 Å². The minimum atomic E-state index is -2.74. The number of rotatable bonds is 5. The van der Waals surface area contributed by atoms with E-state index in [1.54, 1.807) is 0 Å². The maximum absolute atomic E-state index is 11.6. The van der Waals surface area contributed by atoms with Crippen molar-refractivity contribution in [2.24, 2.45) is 5.92 Å². The second kappa shape index (κ2) is 6.55. The van der Waals surface area contributed by atoms with Crippen LogP contribution >= 0.6 is 0 Å². The number of sulfone groups is 1. The van der Waals surface area contributed by atoms with Gasteiger partial charge in [-0.2, -0.15) is 0 Å². The molecule has 0 aromatic rings. The lowest BCUT2D eigenvalue weighted by Gasteiger charge is -2.41. The highest BCUT2D eigenvalue weighted by Gasteiger charge is 2.33. The second-order valence-electron chi connectivity index (χ2n) is 6.18. The van der Waals surface area contributed by atoms with Crippen LogP contribution in [0.3, 0.4) is 0 Å². The molecular weight excluding hydrogens is 260 g/mol. The van der Waals surface area contributed by atoms with Gasteiger partial charge in [0, 0.05) is 31.7 Å². The summed E-state index contributed by atoms with van der Waals surface area (Å²) in [6.07, 6.45) is 4.43. The fourth-order valence-corrected chi connectivity index (χ4v) is 5.29. The largest absolute Gasteiger partial charge is 0.311 e. The van der Waals surface area contributed by atoms with Crippen LogP contribution in [0.4, 0.5) is 0 Å². The van der Waals surface area contributed by atoms with Crippen LogP contribution in [-0.4, -0.2) is 56.5 Å². The van der Waals surface area contributed by atoms with Crippen LogP contribution in [0.2, 0.25) is 0 Å². The fraction of sp³-hybridized carbons (Fsp3) is 1.00. The van der Waals surface area contributed by atoms with E-state index in [1.807, 2.05) is 0 Å². The molecule has 3 atom stereocenters. The van der Waals surface area contributed by atoms with E-state index in [2.05, 4.69) is 24.1 Å². The number of piperazine rings is 1. The molecular formula is C14H28N2O2S. The SMILES string of the molecule is CCCC1CN(CC2CCS(=O)(=O)C2)C(CC)CN1. The van der Waals surface area contributed by atoms with Gasteiger partial charge in [0.25, 0.3) is 0 Å². The van der Waals surface area contributed by atoms with E-state index in [0.29, 0.717) is 29.5 Å². The lowest BCUT2D eigenvalue weighted by Crippen LogP contribution is -2.57. The zero-order chi connectivity index (χ0) is 13.9. The minimum absolute atomic E-state index is 0.361. The number of nitrogens with zero attached hydrogens (tertiary/aromatic N) is 1. The van der Waals surface area contributed by atoms with Crippen molar-refractivity contribution in [2.45, 2.75) is 51.6 Å². The third-order valence-corrected chi connectivity index (χ3v) is 6.38. The van der Waals surface area contributed by atoms with Crippen LogP contribution in [0.25, 0.3) is 0 Å². The first-order valence-corrected chi connectivity index (χ1v) is 9.54. The van der Waals surface area contributed by atoms with Crippen LogP contribution in [0.15, 0.2) is 0 Å². The summed E-state index contributed by atoms with van der Waals surface area (Å²) in [4.78, 5) is 2.54. The predicted molar refractivity (Wildman–Crippen MR) is 79.1 cm³/mol. The minimum Gasteiger partial charge on any atom is -0.311 e. The molecule has 0 saturated carbocycles. The number of hydrogen-bond donors (Lipinski definition) is 1.